The van der Waals surface area contributed by atoms with Crippen molar-refractivity contribution in [1.29, 1.82) is 0 Å². The second-order valence-corrected chi connectivity index (χ2v) is 3.75. The summed E-state index contributed by atoms with van der Waals surface area (Å²) in [6, 6.07) is 5.17. The Morgan fingerprint density at radius 1 is 1.41 bits per heavy atom. The number of carbonyl (C=O) groups is 2. The number of hydrogen-bond donors (Lipinski definition) is 3. The highest BCUT2D eigenvalue weighted by Crippen LogP contribution is 2.12. The summed E-state index contributed by atoms with van der Waals surface area (Å²) in [4.78, 5) is 21.7. The van der Waals surface area contributed by atoms with E-state index in [-0.39, 0.29) is 5.91 Å². The Morgan fingerprint density at radius 3 is 2.82 bits per heavy atom. The number of nitrogens with one attached hydrogen (secondary N) is 2. The van der Waals surface area contributed by atoms with Crippen LogP contribution in [0.3, 0.4) is 0 Å². The topological polar surface area (TPSA) is 84.2 Å². The van der Waals surface area contributed by atoms with Crippen LogP contribution in [0, 0.1) is 6.92 Å². The summed E-state index contributed by atoms with van der Waals surface area (Å²) in [7, 11) is 0. The highest BCUT2D eigenvalue weighted by Gasteiger charge is 2.05. The van der Waals surface area contributed by atoms with E-state index in [1.165, 1.54) is 0 Å². The van der Waals surface area contributed by atoms with Gasteiger partial charge in [-0.2, -0.15) is 0 Å². The zero-order valence-corrected chi connectivity index (χ0v) is 9.82. The lowest BCUT2D eigenvalue weighted by molar-refractivity contribution is -0.109. The van der Waals surface area contributed by atoms with Gasteiger partial charge < -0.3 is 16.4 Å². The minimum atomic E-state index is -0.126. The lowest BCUT2D eigenvalue weighted by Crippen LogP contribution is -2.27. The van der Waals surface area contributed by atoms with Crippen molar-refractivity contribution in [2.24, 2.45) is 0 Å². The fourth-order valence-electron chi connectivity index (χ4n) is 1.37. The number of rotatable bonds is 6. The van der Waals surface area contributed by atoms with E-state index in [9.17, 15) is 9.59 Å². The molecule has 4 N–H and O–H groups in total. The number of carbonyl (C=O) groups excluding carboxylic acids is 2. The van der Waals surface area contributed by atoms with E-state index in [0.717, 1.165) is 5.56 Å². The quantitative estimate of drug-likeness (QED) is 0.380. The van der Waals surface area contributed by atoms with Crippen LogP contribution < -0.4 is 16.4 Å². The lowest BCUT2D eigenvalue weighted by Gasteiger charge is -2.06. The van der Waals surface area contributed by atoms with Gasteiger partial charge in [-0.15, -0.1) is 0 Å². The van der Waals surface area contributed by atoms with Crippen molar-refractivity contribution in [2.75, 3.05) is 18.8 Å². The lowest BCUT2D eigenvalue weighted by atomic mass is 10.1. The molecule has 17 heavy (non-hydrogen) atoms. The van der Waals surface area contributed by atoms with E-state index >= 15 is 0 Å². The van der Waals surface area contributed by atoms with Crippen molar-refractivity contribution < 1.29 is 9.59 Å². The van der Waals surface area contributed by atoms with Crippen molar-refractivity contribution in [3.05, 3.63) is 29.3 Å². The minimum absolute atomic E-state index is 0.126. The van der Waals surface area contributed by atoms with Crippen LogP contribution in [0.2, 0.25) is 0 Å². The fraction of sp³-hybridized carbons (Fsp3) is 0.333. The van der Waals surface area contributed by atoms with Crippen LogP contribution in [0.5, 0.6) is 0 Å². The fourth-order valence-corrected chi connectivity index (χ4v) is 1.37. The first-order valence-electron chi connectivity index (χ1n) is 5.46. The Bertz CT molecular complexity index is 405. The van der Waals surface area contributed by atoms with E-state index in [4.69, 9.17) is 5.73 Å². The zero-order chi connectivity index (χ0) is 12.7. The second-order valence-electron chi connectivity index (χ2n) is 3.75. The number of anilines is 1. The van der Waals surface area contributed by atoms with E-state index in [0.29, 0.717) is 37.2 Å². The molecule has 0 aliphatic heterocycles. The maximum absolute atomic E-state index is 11.7. The number of aryl methyl sites for hydroxylation is 1. The van der Waals surface area contributed by atoms with Crippen LogP contribution in [0.15, 0.2) is 18.2 Å². The number of hydrogen-bond acceptors (Lipinski definition) is 3. The molecule has 0 heterocycles. The van der Waals surface area contributed by atoms with Crippen molar-refractivity contribution in [3.8, 4) is 0 Å². The molecule has 0 aliphatic carbocycles. The summed E-state index contributed by atoms with van der Waals surface area (Å²) in [5, 5.41) is 5.30. The predicted octanol–water partition coefficient (Wildman–Crippen LogP) is 0.443. The monoisotopic (exact) mass is 235 g/mol. The van der Waals surface area contributed by atoms with Crippen molar-refractivity contribution in [2.45, 2.75) is 13.3 Å². The summed E-state index contributed by atoms with van der Waals surface area (Å²) < 4.78 is 0. The Morgan fingerprint density at radius 2 is 2.18 bits per heavy atom. The Balaban J connectivity index is 2.41. The Labute approximate surface area is 100 Å². The van der Waals surface area contributed by atoms with Gasteiger partial charge in [-0.25, -0.2) is 0 Å². The maximum atomic E-state index is 11.7. The van der Waals surface area contributed by atoms with Gasteiger partial charge in [0.25, 0.3) is 5.91 Å². The Kier molecular flexibility index (Phi) is 5.00. The minimum Gasteiger partial charge on any atom is -0.399 e. The average molecular weight is 235 g/mol. The van der Waals surface area contributed by atoms with E-state index in [2.05, 4.69) is 10.6 Å². The molecule has 0 aliphatic rings. The molecular formula is C12H17N3O2. The van der Waals surface area contributed by atoms with Gasteiger partial charge >= 0.3 is 0 Å². The molecule has 1 aromatic rings. The number of nitrogen functional groups attached to an aromatic ring is 1. The molecule has 0 unspecified atom stereocenters. The van der Waals surface area contributed by atoms with Gasteiger partial charge in [-0.05, 0) is 37.1 Å². The molecule has 0 saturated heterocycles. The summed E-state index contributed by atoms with van der Waals surface area (Å²) in [6.07, 6.45) is 1.35. The van der Waals surface area contributed by atoms with Gasteiger partial charge in [0.2, 0.25) is 6.41 Å². The van der Waals surface area contributed by atoms with Crippen LogP contribution in [0.1, 0.15) is 22.3 Å². The van der Waals surface area contributed by atoms with Gasteiger partial charge in [0.05, 0.1) is 0 Å². The smallest absolute Gasteiger partial charge is 0.251 e. The van der Waals surface area contributed by atoms with Gasteiger partial charge in [0.1, 0.15) is 0 Å². The maximum Gasteiger partial charge on any atom is 0.251 e. The van der Waals surface area contributed by atoms with Gasteiger partial charge in [-0.1, -0.05) is 0 Å². The summed E-state index contributed by atoms with van der Waals surface area (Å²) in [5.41, 5.74) is 7.83. The highest BCUT2D eigenvalue weighted by molar-refractivity contribution is 5.94. The van der Waals surface area contributed by atoms with Crippen molar-refractivity contribution in [1.82, 2.24) is 10.6 Å². The molecule has 0 aromatic heterocycles. The van der Waals surface area contributed by atoms with Crippen LogP contribution in [0.25, 0.3) is 0 Å². The predicted molar refractivity (Wildman–Crippen MR) is 66.6 cm³/mol. The zero-order valence-electron chi connectivity index (χ0n) is 9.82. The first-order chi connectivity index (χ1) is 8.15. The summed E-state index contributed by atoms with van der Waals surface area (Å²) in [5.74, 6) is -0.126. The molecule has 0 fully saturated rings. The normalized spacial score (nSPS) is 9.71. The largest absolute Gasteiger partial charge is 0.399 e. The molecular weight excluding hydrogens is 218 g/mol. The number of benzene rings is 1. The first-order valence-corrected chi connectivity index (χ1v) is 5.46. The first kappa shape index (κ1) is 13.0. The molecule has 0 radical (unpaired) electrons. The number of amides is 2. The van der Waals surface area contributed by atoms with Crippen LogP contribution in [-0.4, -0.2) is 25.4 Å². The van der Waals surface area contributed by atoms with Crippen LogP contribution >= 0.6 is 0 Å². The van der Waals surface area contributed by atoms with Crippen LogP contribution in [0.4, 0.5) is 5.69 Å². The summed E-state index contributed by atoms with van der Waals surface area (Å²) in [6.45, 7) is 2.95. The van der Waals surface area contributed by atoms with Gasteiger partial charge in [0.15, 0.2) is 0 Å². The number of nitrogens with two attached hydrogens (primary N) is 1. The second kappa shape index (κ2) is 6.52. The average Bonchev–Trinajstić information content (AvgIpc) is 2.32. The molecule has 0 bridgehead atoms. The third-order valence-electron chi connectivity index (χ3n) is 2.40. The molecule has 0 saturated carbocycles. The molecule has 5 nitrogen and oxygen atoms in total. The summed E-state index contributed by atoms with van der Waals surface area (Å²) >= 11 is 0. The third-order valence-corrected chi connectivity index (χ3v) is 2.40. The van der Waals surface area contributed by atoms with Gasteiger partial charge in [0, 0.05) is 24.3 Å². The standard InChI is InChI=1S/C12H17N3O2/c1-9-7-10(3-4-11(9)13)12(17)15-6-2-5-14-8-16/h3-4,7-8H,2,5-6,13H2,1H3,(H,14,16)(H,15,17). The molecule has 1 rings (SSSR count). The SMILES string of the molecule is Cc1cc(C(=O)NCCCNC=O)ccc1N. The van der Waals surface area contributed by atoms with Crippen molar-refractivity contribution in [3.63, 3.8) is 0 Å². The van der Waals surface area contributed by atoms with Crippen LogP contribution in [-0.2, 0) is 4.79 Å². The van der Waals surface area contributed by atoms with Gasteiger partial charge in [-0.3, -0.25) is 9.59 Å². The highest BCUT2D eigenvalue weighted by atomic mass is 16.1. The molecule has 2 amide bonds. The van der Waals surface area contributed by atoms with E-state index in [1.54, 1.807) is 18.2 Å². The third kappa shape index (κ3) is 4.14. The molecule has 0 spiro atoms. The molecule has 92 valence electrons. The van der Waals surface area contributed by atoms with E-state index < -0.39 is 0 Å². The van der Waals surface area contributed by atoms with Crippen molar-refractivity contribution >= 4 is 18.0 Å². The molecule has 5 heteroatoms. The van der Waals surface area contributed by atoms with E-state index in [1.807, 2.05) is 6.92 Å². The molecule has 0 atom stereocenters. The Hall–Kier alpha value is -2.04. The molecule has 1 aromatic carbocycles.